The van der Waals surface area contributed by atoms with E-state index in [-0.39, 0.29) is 0 Å². The van der Waals surface area contributed by atoms with Crippen molar-refractivity contribution in [1.82, 2.24) is 4.90 Å². The van der Waals surface area contributed by atoms with E-state index in [0.717, 1.165) is 19.1 Å². The average Bonchev–Trinajstić information content (AvgIpc) is 2.39. The standard InChI is InChI=1S/C12H23NO/c1-11(2)12-5-4-7-13(8-6-12)9-10-14-3/h5,11H,4,6-10H2,1-3H3. The number of rotatable bonds is 4. The van der Waals surface area contributed by atoms with Gasteiger partial charge in [-0.05, 0) is 18.8 Å². The molecule has 1 aliphatic heterocycles. The first-order valence-electron chi connectivity index (χ1n) is 5.64. The second-order valence-electron chi connectivity index (χ2n) is 4.31. The summed E-state index contributed by atoms with van der Waals surface area (Å²) in [4.78, 5) is 2.50. The van der Waals surface area contributed by atoms with Crippen LogP contribution in [0.1, 0.15) is 26.7 Å². The van der Waals surface area contributed by atoms with Gasteiger partial charge in [0.2, 0.25) is 0 Å². The molecule has 0 unspecified atom stereocenters. The van der Waals surface area contributed by atoms with Gasteiger partial charge in [-0.1, -0.05) is 25.5 Å². The molecule has 0 N–H and O–H groups in total. The molecule has 1 heterocycles. The third-order valence-electron chi connectivity index (χ3n) is 2.92. The van der Waals surface area contributed by atoms with Gasteiger partial charge >= 0.3 is 0 Å². The van der Waals surface area contributed by atoms with Crippen LogP contribution >= 0.6 is 0 Å². The maximum absolute atomic E-state index is 5.10. The second kappa shape index (κ2) is 6.20. The molecule has 0 bridgehead atoms. The van der Waals surface area contributed by atoms with Crippen LogP contribution in [0.25, 0.3) is 0 Å². The molecule has 82 valence electrons. The lowest BCUT2D eigenvalue weighted by Gasteiger charge is -2.19. The van der Waals surface area contributed by atoms with E-state index in [9.17, 15) is 0 Å². The Hall–Kier alpha value is -0.340. The molecule has 1 aliphatic rings. The lowest BCUT2D eigenvalue weighted by Crippen LogP contribution is -2.28. The van der Waals surface area contributed by atoms with E-state index in [0.29, 0.717) is 0 Å². The monoisotopic (exact) mass is 197 g/mol. The molecule has 14 heavy (non-hydrogen) atoms. The van der Waals surface area contributed by atoms with Gasteiger partial charge in [0, 0.05) is 26.7 Å². The van der Waals surface area contributed by atoms with E-state index in [4.69, 9.17) is 4.74 Å². The molecular weight excluding hydrogens is 174 g/mol. The van der Waals surface area contributed by atoms with Crippen LogP contribution in [0.2, 0.25) is 0 Å². The Labute approximate surface area is 87.9 Å². The zero-order chi connectivity index (χ0) is 10.4. The van der Waals surface area contributed by atoms with E-state index in [1.807, 2.05) is 0 Å². The van der Waals surface area contributed by atoms with Gasteiger partial charge in [0.25, 0.3) is 0 Å². The van der Waals surface area contributed by atoms with Crippen LogP contribution in [0.15, 0.2) is 11.6 Å². The predicted molar refractivity (Wildman–Crippen MR) is 60.5 cm³/mol. The zero-order valence-electron chi connectivity index (χ0n) is 9.75. The van der Waals surface area contributed by atoms with Gasteiger partial charge in [0.15, 0.2) is 0 Å². The van der Waals surface area contributed by atoms with E-state index < -0.39 is 0 Å². The summed E-state index contributed by atoms with van der Waals surface area (Å²) in [6.45, 7) is 8.91. The summed E-state index contributed by atoms with van der Waals surface area (Å²) in [5.74, 6) is 0.720. The number of nitrogens with zero attached hydrogens (tertiary/aromatic N) is 1. The van der Waals surface area contributed by atoms with Crippen LogP contribution < -0.4 is 0 Å². The third-order valence-corrected chi connectivity index (χ3v) is 2.92. The highest BCUT2D eigenvalue weighted by Gasteiger charge is 2.11. The fourth-order valence-electron chi connectivity index (χ4n) is 1.90. The molecule has 0 aromatic carbocycles. The molecule has 0 radical (unpaired) electrons. The number of methoxy groups -OCH3 is 1. The molecule has 0 fully saturated rings. The second-order valence-corrected chi connectivity index (χ2v) is 4.31. The summed E-state index contributed by atoms with van der Waals surface area (Å²) in [5.41, 5.74) is 1.63. The molecule has 0 saturated heterocycles. The van der Waals surface area contributed by atoms with Crippen molar-refractivity contribution in [1.29, 1.82) is 0 Å². The fraction of sp³-hybridized carbons (Fsp3) is 0.833. The summed E-state index contributed by atoms with van der Waals surface area (Å²) >= 11 is 0. The minimum atomic E-state index is 0.720. The van der Waals surface area contributed by atoms with Gasteiger partial charge in [-0.25, -0.2) is 0 Å². The molecule has 0 spiro atoms. The van der Waals surface area contributed by atoms with Crippen molar-refractivity contribution in [3.05, 3.63) is 11.6 Å². The molecule has 0 amide bonds. The van der Waals surface area contributed by atoms with E-state index >= 15 is 0 Å². The van der Waals surface area contributed by atoms with Gasteiger partial charge in [-0.2, -0.15) is 0 Å². The Morgan fingerprint density at radius 2 is 2.21 bits per heavy atom. The molecule has 1 rings (SSSR count). The van der Waals surface area contributed by atoms with Crippen molar-refractivity contribution >= 4 is 0 Å². The molecule has 0 aromatic heterocycles. The first kappa shape index (κ1) is 11.7. The highest BCUT2D eigenvalue weighted by molar-refractivity contribution is 5.07. The largest absolute Gasteiger partial charge is 0.383 e. The number of ether oxygens (including phenoxy) is 1. The van der Waals surface area contributed by atoms with Crippen LogP contribution in [0.3, 0.4) is 0 Å². The molecule has 2 nitrogen and oxygen atoms in total. The minimum absolute atomic E-state index is 0.720. The van der Waals surface area contributed by atoms with Crippen molar-refractivity contribution in [3.63, 3.8) is 0 Å². The smallest absolute Gasteiger partial charge is 0.0589 e. The van der Waals surface area contributed by atoms with Gasteiger partial charge in [0.1, 0.15) is 0 Å². The van der Waals surface area contributed by atoms with Crippen molar-refractivity contribution < 1.29 is 4.74 Å². The van der Waals surface area contributed by atoms with Crippen LogP contribution in [0.5, 0.6) is 0 Å². The normalized spacial score (nSPS) is 19.6. The Morgan fingerprint density at radius 1 is 1.43 bits per heavy atom. The zero-order valence-corrected chi connectivity index (χ0v) is 9.75. The minimum Gasteiger partial charge on any atom is -0.383 e. The first-order valence-corrected chi connectivity index (χ1v) is 5.64. The van der Waals surface area contributed by atoms with E-state index in [1.165, 1.54) is 25.9 Å². The van der Waals surface area contributed by atoms with E-state index in [2.05, 4.69) is 24.8 Å². The lowest BCUT2D eigenvalue weighted by molar-refractivity contribution is 0.150. The molecule has 0 aliphatic carbocycles. The van der Waals surface area contributed by atoms with Gasteiger partial charge in [-0.3, -0.25) is 0 Å². The van der Waals surface area contributed by atoms with Gasteiger partial charge in [0.05, 0.1) is 6.61 Å². The highest BCUT2D eigenvalue weighted by atomic mass is 16.5. The molecule has 0 atom stereocenters. The summed E-state index contributed by atoms with van der Waals surface area (Å²) in [7, 11) is 1.77. The maximum atomic E-state index is 5.10. The van der Waals surface area contributed by atoms with Crippen LogP contribution in [-0.4, -0.2) is 38.3 Å². The summed E-state index contributed by atoms with van der Waals surface area (Å²) in [6, 6.07) is 0. The van der Waals surface area contributed by atoms with Gasteiger partial charge in [-0.15, -0.1) is 0 Å². The number of hydrogen-bond donors (Lipinski definition) is 0. The van der Waals surface area contributed by atoms with Crippen LogP contribution in [0, 0.1) is 5.92 Å². The van der Waals surface area contributed by atoms with Crippen LogP contribution in [-0.2, 0) is 4.74 Å². The average molecular weight is 197 g/mol. The Kier molecular flexibility index (Phi) is 5.20. The topological polar surface area (TPSA) is 12.5 Å². The van der Waals surface area contributed by atoms with Crippen LogP contribution in [0.4, 0.5) is 0 Å². The number of hydrogen-bond acceptors (Lipinski definition) is 2. The Bertz CT molecular complexity index is 187. The van der Waals surface area contributed by atoms with Gasteiger partial charge < -0.3 is 9.64 Å². The Balaban J connectivity index is 2.32. The summed E-state index contributed by atoms with van der Waals surface area (Å²) in [5, 5.41) is 0. The van der Waals surface area contributed by atoms with Crippen molar-refractivity contribution in [2.45, 2.75) is 26.7 Å². The SMILES string of the molecule is COCCN1CCC=C(C(C)C)CC1. The summed E-state index contributed by atoms with van der Waals surface area (Å²) in [6.07, 6.45) is 4.87. The fourth-order valence-corrected chi connectivity index (χ4v) is 1.90. The van der Waals surface area contributed by atoms with Crippen molar-refractivity contribution in [3.8, 4) is 0 Å². The molecule has 0 saturated carbocycles. The lowest BCUT2D eigenvalue weighted by atomic mass is 10.00. The molecule has 0 aromatic rings. The van der Waals surface area contributed by atoms with Crippen molar-refractivity contribution in [2.75, 3.05) is 33.4 Å². The maximum Gasteiger partial charge on any atom is 0.0589 e. The predicted octanol–water partition coefficient (Wildman–Crippen LogP) is 2.31. The van der Waals surface area contributed by atoms with E-state index in [1.54, 1.807) is 12.7 Å². The highest BCUT2D eigenvalue weighted by Crippen LogP contribution is 2.18. The third kappa shape index (κ3) is 3.81. The molecule has 2 heteroatoms. The molecular formula is C12H23NO. The first-order chi connectivity index (χ1) is 6.74. The Morgan fingerprint density at radius 3 is 2.86 bits per heavy atom. The quantitative estimate of drug-likeness (QED) is 0.641. The summed E-state index contributed by atoms with van der Waals surface area (Å²) < 4.78 is 5.10. The van der Waals surface area contributed by atoms with Crippen molar-refractivity contribution in [2.24, 2.45) is 5.92 Å².